The number of nitrogens with one attached hydrogen (secondary N) is 1. The first-order valence-corrected chi connectivity index (χ1v) is 7.51. The van der Waals surface area contributed by atoms with E-state index in [4.69, 9.17) is 0 Å². The Labute approximate surface area is 121 Å². The molecular weight excluding hydrogens is 287 g/mol. The molecule has 0 fully saturated rings. The molecule has 1 N–H and O–H groups in total. The second-order valence-electron chi connectivity index (χ2n) is 5.68. The predicted molar refractivity (Wildman–Crippen MR) is 75.7 cm³/mol. The van der Waals surface area contributed by atoms with E-state index in [2.05, 4.69) is 4.72 Å². The van der Waals surface area contributed by atoms with E-state index in [1.54, 1.807) is 6.92 Å². The normalized spacial score (nSPS) is 15.4. The molecule has 0 aliphatic heterocycles. The maximum Gasteiger partial charge on any atom is 0.266 e. The molecule has 0 spiro atoms. The van der Waals surface area contributed by atoms with E-state index in [0.717, 1.165) is 6.07 Å². The van der Waals surface area contributed by atoms with Crippen LogP contribution >= 0.6 is 0 Å². The predicted octanol–water partition coefficient (Wildman–Crippen LogP) is 3.92. The zero-order chi connectivity index (χ0) is 15.5. The third-order valence-corrected chi connectivity index (χ3v) is 4.44. The molecule has 0 bridgehead atoms. The van der Waals surface area contributed by atoms with Crippen LogP contribution in [-0.2, 0) is 11.4 Å². The lowest BCUT2D eigenvalue weighted by atomic mass is 9.98. The van der Waals surface area contributed by atoms with E-state index in [-0.39, 0.29) is 18.0 Å². The van der Waals surface area contributed by atoms with Crippen LogP contribution in [0.25, 0.3) is 0 Å². The van der Waals surface area contributed by atoms with Gasteiger partial charge in [-0.3, -0.25) is 0 Å². The highest BCUT2D eigenvalue weighted by Gasteiger charge is 2.27. The van der Waals surface area contributed by atoms with Gasteiger partial charge in [-0.05, 0) is 26.3 Å². The van der Waals surface area contributed by atoms with E-state index in [0.29, 0.717) is 0 Å². The lowest BCUT2D eigenvalue weighted by Gasteiger charge is -2.25. The monoisotopic (exact) mass is 307 g/mol. The van der Waals surface area contributed by atoms with Crippen LogP contribution in [0.2, 0.25) is 0 Å². The van der Waals surface area contributed by atoms with Crippen molar-refractivity contribution in [2.24, 2.45) is 0 Å². The lowest BCUT2D eigenvalue weighted by Crippen LogP contribution is -2.40. The van der Waals surface area contributed by atoms with E-state index < -0.39 is 33.9 Å². The molecule has 0 aliphatic rings. The molecule has 0 aliphatic carbocycles. The Morgan fingerprint density at radius 1 is 1.25 bits per heavy atom. The van der Waals surface area contributed by atoms with Gasteiger partial charge in [0.05, 0.1) is 5.56 Å². The van der Waals surface area contributed by atoms with E-state index in [1.807, 2.05) is 20.8 Å². The summed E-state index contributed by atoms with van der Waals surface area (Å²) >= 11 is -1.27. The summed E-state index contributed by atoms with van der Waals surface area (Å²) in [6.45, 7) is 7.42. The number of halogens is 3. The minimum atomic E-state index is -2.83. The molecular formula is C14H20F3NOS. The third kappa shape index (κ3) is 4.40. The Morgan fingerprint density at radius 3 is 2.30 bits per heavy atom. The van der Waals surface area contributed by atoms with Crippen LogP contribution in [0.4, 0.5) is 13.2 Å². The molecule has 0 saturated heterocycles. The van der Waals surface area contributed by atoms with Crippen molar-refractivity contribution in [3.8, 4) is 0 Å². The molecule has 0 unspecified atom stereocenters. The molecule has 0 radical (unpaired) electrons. The van der Waals surface area contributed by atoms with Crippen LogP contribution in [0.1, 0.15) is 51.2 Å². The standard InChI is InChI=1S/C14H20F3NOS/c1-9(8-18-20(19)14(2,3)4)10-6-5-7-11(12(10)15)13(16)17/h5-7,9,13,18H,8H2,1-4H3/t9-,20+/m0/s1. The van der Waals surface area contributed by atoms with Crippen LogP contribution in [0.3, 0.4) is 0 Å². The smallest absolute Gasteiger partial charge is 0.266 e. The zero-order valence-electron chi connectivity index (χ0n) is 12.0. The fraction of sp³-hybridized carbons (Fsp3) is 0.571. The van der Waals surface area contributed by atoms with Crippen LogP contribution in [0, 0.1) is 5.82 Å². The van der Waals surface area contributed by atoms with Gasteiger partial charge in [-0.15, -0.1) is 4.72 Å². The first-order valence-electron chi connectivity index (χ1n) is 6.36. The summed E-state index contributed by atoms with van der Waals surface area (Å²) in [7, 11) is 0. The quantitative estimate of drug-likeness (QED) is 0.837. The molecule has 20 heavy (non-hydrogen) atoms. The average molecular weight is 307 g/mol. The maximum absolute atomic E-state index is 13.9. The van der Waals surface area contributed by atoms with E-state index >= 15 is 0 Å². The lowest BCUT2D eigenvalue weighted by molar-refractivity contribution is 0.146. The van der Waals surface area contributed by atoms with Crippen molar-refractivity contribution in [2.45, 2.75) is 44.8 Å². The molecule has 1 aromatic carbocycles. The van der Waals surface area contributed by atoms with Crippen LogP contribution in [0.15, 0.2) is 18.2 Å². The highest BCUT2D eigenvalue weighted by Crippen LogP contribution is 2.28. The Morgan fingerprint density at radius 2 is 1.80 bits per heavy atom. The SMILES string of the molecule is C[C@@H](CN[S@+]([O-])C(C)(C)C)c1cccc(C(F)F)c1F. The summed E-state index contributed by atoms with van der Waals surface area (Å²) in [6, 6.07) is 3.97. The highest BCUT2D eigenvalue weighted by molar-refractivity contribution is 7.90. The van der Waals surface area contributed by atoms with Crippen molar-refractivity contribution in [1.29, 1.82) is 0 Å². The van der Waals surface area contributed by atoms with Gasteiger partial charge < -0.3 is 4.55 Å². The number of benzene rings is 1. The summed E-state index contributed by atoms with van der Waals surface area (Å²) in [5.74, 6) is -1.22. The first-order chi connectivity index (χ1) is 9.14. The number of hydrogen-bond donors (Lipinski definition) is 1. The van der Waals surface area contributed by atoms with Gasteiger partial charge in [0.1, 0.15) is 10.6 Å². The van der Waals surface area contributed by atoms with Gasteiger partial charge in [0.2, 0.25) is 0 Å². The van der Waals surface area contributed by atoms with Crippen molar-refractivity contribution in [3.63, 3.8) is 0 Å². The van der Waals surface area contributed by atoms with Gasteiger partial charge in [-0.1, -0.05) is 25.1 Å². The second-order valence-corrected chi connectivity index (χ2v) is 7.73. The highest BCUT2D eigenvalue weighted by atomic mass is 32.2. The van der Waals surface area contributed by atoms with Crippen molar-refractivity contribution in [2.75, 3.05) is 6.54 Å². The van der Waals surface area contributed by atoms with Crippen molar-refractivity contribution in [1.82, 2.24) is 4.72 Å². The largest absolute Gasteiger partial charge is 0.598 e. The molecule has 1 aromatic rings. The van der Waals surface area contributed by atoms with Gasteiger partial charge in [0.15, 0.2) is 0 Å². The fourth-order valence-electron chi connectivity index (χ4n) is 1.64. The van der Waals surface area contributed by atoms with E-state index in [1.165, 1.54) is 12.1 Å². The summed E-state index contributed by atoms with van der Waals surface area (Å²) in [5, 5.41) is 0. The molecule has 2 atom stereocenters. The van der Waals surface area contributed by atoms with E-state index in [9.17, 15) is 17.7 Å². The summed E-state index contributed by atoms with van der Waals surface area (Å²) in [4.78, 5) is 0. The second kappa shape index (κ2) is 6.83. The van der Waals surface area contributed by atoms with Gasteiger partial charge >= 0.3 is 0 Å². The number of hydrogen-bond acceptors (Lipinski definition) is 2. The van der Waals surface area contributed by atoms with Crippen molar-refractivity contribution in [3.05, 3.63) is 35.1 Å². The third-order valence-electron chi connectivity index (χ3n) is 2.90. The summed E-state index contributed by atoms with van der Waals surface area (Å²) in [6.07, 6.45) is -2.83. The minimum absolute atomic E-state index is 0.209. The van der Waals surface area contributed by atoms with Crippen molar-refractivity contribution < 1.29 is 17.7 Å². The fourth-order valence-corrected chi connectivity index (χ4v) is 2.48. The molecule has 2 nitrogen and oxygen atoms in total. The average Bonchev–Trinajstić information content (AvgIpc) is 2.34. The Bertz CT molecular complexity index is 449. The zero-order valence-corrected chi connectivity index (χ0v) is 12.9. The first kappa shape index (κ1) is 17.3. The molecule has 1 rings (SSSR count). The number of rotatable bonds is 5. The Kier molecular flexibility index (Phi) is 5.91. The molecule has 6 heteroatoms. The van der Waals surface area contributed by atoms with Crippen LogP contribution in [0.5, 0.6) is 0 Å². The minimum Gasteiger partial charge on any atom is -0.598 e. The topological polar surface area (TPSA) is 35.1 Å². The molecule has 0 amide bonds. The summed E-state index contributed by atoms with van der Waals surface area (Å²) < 4.78 is 53.5. The number of alkyl halides is 2. The summed E-state index contributed by atoms with van der Waals surface area (Å²) in [5.41, 5.74) is -0.382. The maximum atomic E-state index is 13.9. The molecule has 114 valence electrons. The van der Waals surface area contributed by atoms with Gasteiger partial charge in [-0.25, -0.2) is 13.2 Å². The Balaban J connectivity index is 2.78. The van der Waals surface area contributed by atoms with Gasteiger partial charge in [0, 0.05) is 23.8 Å². The molecule has 0 aromatic heterocycles. The van der Waals surface area contributed by atoms with Crippen molar-refractivity contribution >= 4 is 11.4 Å². The van der Waals surface area contributed by atoms with Gasteiger partial charge in [-0.2, -0.15) is 0 Å². The Hall–Kier alpha value is -0.720. The van der Waals surface area contributed by atoms with Crippen LogP contribution in [-0.4, -0.2) is 15.8 Å². The van der Waals surface area contributed by atoms with Gasteiger partial charge in [0.25, 0.3) is 6.43 Å². The molecule has 0 saturated carbocycles. The van der Waals surface area contributed by atoms with Crippen LogP contribution < -0.4 is 4.72 Å². The molecule has 0 heterocycles.